The van der Waals surface area contributed by atoms with Crippen molar-refractivity contribution in [1.29, 1.82) is 0 Å². The summed E-state index contributed by atoms with van der Waals surface area (Å²) < 4.78 is 0. The molecule has 0 spiro atoms. The highest BCUT2D eigenvalue weighted by molar-refractivity contribution is 5.85. The van der Waals surface area contributed by atoms with E-state index in [4.69, 9.17) is 5.73 Å². The van der Waals surface area contributed by atoms with Crippen LogP contribution in [0.25, 0.3) is 0 Å². The number of rotatable bonds is 1. The second-order valence-corrected chi connectivity index (χ2v) is 3.59. The Balaban J connectivity index is 0.000000845. The highest BCUT2D eigenvalue weighted by Gasteiger charge is 2.35. The van der Waals surface area contributed by atoms with E-state index >= 15 is 0 Å². The number of halogens is 2. The third-order valence-electron chi connectivity index (χ3n) is 1.99. The van der Waals surface area contributed by atoms with Gasteiger partial charge in [-0.15, -0.1) is 29.9 Å². The summed E-state index contributed by atoms with van der Waals surface area (Å²) in [6.07, 6.45) is 1.67. The van der Waals surface area contributed by atoms with E-state index in [1.165, 1.54) is 0 Å². The van der Waals surface area contributed by atoms with Crippen molar-refractivity contribution in [2.24, 2.45) is 5.73 Å². The number of nitrogens with zero attached hydrogens (tertiary/aromatic N) is 3. The number of hydrogen-bond acceptors (Lipinski definition) is 4. The molecule has 2 heterocycles. The molecule has 0 bridgehead atoms. The van der Waals surface area contributed by atoms with Gasteiger partial charge in [0.2, 0.25) is 0 Å². The lowest BCUT2D eigenvalue weighted by Gasteiger charge is -2.45. The van der Waals surface area contributed by atoms with E-state index in [-0.39, 0.29) is 30.4 Å². The molecule has 1 aliphatic heterocycles. The van der Waals surface area contributed by atoms with Crippen LogP contribution < -0.4 is 10.6 Å². The average Bonchev–Trinajstić information content (AvgIpc) is 2.02. The Bertz CT molecular complexity index is 270. The number of anilines is 1. The van der Waals surface area contributed by atoms with Gasteiger partial charge in [-0.1, -0.05) is 0 Å². The first kappa shape index (κ1) is 13.4. The first-order valence-electron chi connectivity index (χ1n) is 3.99. The van der Waals surface area contributed by atoms with Crippen molar-refractivity contribution in [3.63, 3.8) is 0 Å². The van der Waals surface area contributed by atoms with Gasteiger partial charge in [0.25, 0.3) is 0 Å². The lowest BCUT2D eigenvalue weighted by molar-refractivity contribution is 0.362. The monoisotopic (exact) mass is 236 g/mol. The quantitative estimate of drug-likeness (QED) is 0.787. The van der Waals surface area contributed by atoms with Crippen molar-refractivity contribution in [3.05, 3.63) is 18.3 Å². The summed E-state index contributed by atoms with van der Waals surface area (Å²) in [5.41, 5.74) is 5.82. The lowest BCUT2D eigenvalue weighted by atomic mass is 9.94. The molecule has 14 heavy (non-hydrogen) atoms. The van der Waals surface area contributed by atoms with Gasteiger partial charge in [-0.2, -0.15) is 5.10 Å². The Kier molecular flexibility index (Phi) is 4.58. The van der Waals surface area contributed by atoms with Crippen LogP contribution in [0.15, 0.2) is 18.3 Å². The predicted octanol–water partition coefficient (Wildman–Crippen LogP) is 0.858. The van der Waals surface area contributed by atoms with Gasteiger partial charge in [-0.25, -0.2) is 0 Å². The zero-order valence-electron chi connectivity index (χ0n) is 7.88. The molecule has 2 N–H and O–H groups in total. The van der Waals surface area contributed by atoms with Crippen molar-refractivity contribution < 1.29 is 0 Å². The summed E-state index contributed by atoms with van der Waals surface area (Å²) in [7, 11) is 0. The lowest BCUT2D eigenvalue weighted by Crippen LogP contribution is -2.65. The first-order valence-corrected chi connectivity index (χ1v) is 3.99. The van der Waals surface area contributed by atoms with Gasteiger partial charge < -0.3 is 10.6 Å². The molecule has 0 radical (unpaired) electrons. The van der Waals surface area contributed by atoms with Crippen molar-refractivity contribution in [2.45, 2.75) is 12.5 Å². The van der Waals surface area contributed by atoms with E-state index in [2.05, 4.69) is 15.1 Å². The van der Waals surface area contributed by atoms with E-state index in [1.807, 2.05) is 19.1 Å². The predicted molar refractivity (Wildman–Crippen MR) is 61.3 cm³/mol. The topological polar surface area (TPSA) is 55.0 Å². The van der Waals surface area contributed by atoms with Crippen LogP contribution in [-0.2, 0) is 0 Å². The summed E-state index contributed by atoms with van der Waals surface area (Å²) in [4.78, 5) is 2.12. The van der Waals surface area contributed by atoms with Gasteiger partial charge >= 0.3 is 0 Å². The van der Waals surface area contributed by atoms with Gasteiger partial charge in [-0.05, 0) is 19.1 Å². The molecule has 2 rings (SSSR count). The maximum atomic E-state index is 5.86. The summed E-state index contributed by atoms with van der Waals surface area (Å²) in [5.74, 6) is 0.917. The molecule has 1 aromatic heterocycles. The Hall–Kier alpha value is -0.580. The van der Waals surface area contributed by atoms with E-state index in [0.717, 1.165) is 18.9 Å². The molecule has 0 saturated carbocycles. The molecular weight excluding hydrogens is 223 g/mol. The molecule has 1 saturated heterocycles. The number of nitrogens with two attached hydrogens (primary N) is 1. The highest BCUT2D eigenvalue weighted by Crippen LogP contribution is 2.22. The second kappa shape index (κ2) is 4.77. The van der Waals surface area contributed by atoms with Crippen LogP contribution in [0.4, 0.5) is 5.82 Å². The zero-order chi connectivity index (χ0) is 8.60. The molecule has 1 aliphatic rings. The molecule has 6 heteroatoms. The second-order valence-electron chi connectivity index (χ2n) is 3.59. The molecule has 0 aromatic carbocycles. The van der Waals surface area contributed by atoms with Crippen LogP contribution in [0.3, 0.4) is 0 Å². The molecular formula is C8H14Cl2N4. The molecule has 0 atom stereocenters. The third kappa shape index (κ3) is 2.70. The van der Waals surface area contributed by atoms with Crippen LogP contribution in [0, 0.1) is 0 Å². The minimum Gasteiger partial charge on any atom is -0.351 e. The zero-order valence-corrected chi connectivity index (χ0v) is 9.51. The van der Waals surface area contributed by atoms with Gasteiger partial charge in [0, 0.05) is 24.8 Å². The largest absolute Gasteiger partial charge is 0.351 e. The standard InChI is InChI=1S/C8H12N4.2ClH/c1-8(9)5-12(6-8)7-3-2-4-10-11-7;;/h2-4H,5-6,9H2,1H3;2*1H. The van der Waals surface area contributed by atoms with Crippen LogP contribution in [0.1, 0.15) is 6.92 Å². The molecule has 4 nitrogen and oxygen atoms in total. The van der Waals surface area contributed by atoms with Gasteiger partial charge in [0.05, 0.1) is 0 Å². The maximum Gasteiger partial charge on any atom is 0.151 e. The SMILES string of the molecule is CC1(N)CN(c2cccnn2)C1.Cl.Cl. The summed E-state index contributed by atoms with van der Waals surface area (Å²) in [5, 5.41) is 7.79. The fourth-order valence-corrected chi connectivity index (χ4v) is 1.45. The van der Waals surface area contributed by atoms with E-state index in [1.54, 1.807) is 6.20 Å². The van der Waals surface area contributed by atoms with Crippen LogP contribution in [-0.4, -0.2) is 28.8 Å². The van der Waals surface area contributed by atoms with Gasteiger partial charge in [-0.3, -0.25) is 0 Å². The molecule has 0 aliphatic carbocycles. The molecule has 0 unspecified atom stereocenters. The number of aromatic nitrogens is 2. The number of hydrogen-bond donors (Lipinski definition) is 1. The third-order valence-corrected chi connectivity index (χ3v) is 1.99. The summed E-state index contributed by atoms with van der Waals surface area (Å²) in [6.45, 7) is 3.78. The van der Waals surface area contributed by atoms with E-state index in [0.29, 0.717) is 0 Å². The highest BCUT2D eigenvalue weighted by atomic mass is 35.5. The Morgan fingerprint density at radius 2 is 2.07 bits per heavy atom. The Labute approximate surface area is 95.7 Å². The van der Waals surface area contributed by atoms with Gasteiger partial charge in [0.15, 0.2) is 5.82 Å². The van der Waals surface area contributed by atoms with Crippen molar-refractivity contribution in [1.82, 2.24) is 10.2 Å². The maximum absolute atomic E-state index is 5.86. The molecule has 80 valence electrons. The smallest absolute Gasteiger partial charge is 0.151 e. The van der Waals surface area contributed by atoms with E-state index < -0.39 is 0 Å². The minimum absolute atomic E-state index is 0. The fraction of sp³-hybridized carbons (Fsp3) is 0.500. The van der Waals surface area contributed by atoms with Crippen LogP contribution >= 0.6 is 24.8 Å². The van der Waals surface area contributed by atoms with Crippen LogP contribution in [0.2, 0.25) is 0 Å². The first-order chi connectivity index (χ1) is 5.67. The molecule has 1 aromatic rings. The van der Waals surface area contributed by atoms with Crippen molar-refractivity contribution >= 4 is 30.6 Å². The summed E-state index contributed by atoms with van der Waals surface area (Å²) in [6, 6.07) is 3.83. The molecule has 0 amide bonds. The average molecular weight is 237 g/mol. The van der Waals surface area contributed by atoms with Crippen LogP contribution in [0.5, 0.6) is 0 Å². The Morgan fingerprint density at radius 3 is 2.50 bits per heavy atom. The molecule has 1 fully saturated rings. The summed E-state index contributed by atoms with van der Waals surface area (Å²) >= 11 is 0. The normalized spacial score (nSPS) is 17.4. The Morgan fingerprint density at radius 1 is 1.43 bits per heavy atom. The van der Waals surface area contributed by atoms with Gasteiger partial charge in [0.1, 0.15) is 0 Å². The van der Waals surface area contributed by atoms with E-state index in [9.17, 15) is 0 Å². The van der Waals surface area contributed by atoms with Crippen molar-refractivity contribution in [3.8, 4) is 0 Å². The minimum atomic E-state index is -0.0441. The fourth-order valence-electron chi connectivity index (χ4n) is 1.45. The van der Waals surface area contributed by atoms with Crippen molar-refractivity contribution in [2.75, 3.05) is 18.0 Å².